The lowest BCUT2D eigenvalue weighted by molar-refractivity contribution is -0.108. The minimum Gasteiger partial charge on any atom is -0.381 e. The molecule has 0 spiro atoms. The average Bonchev–Trinajstić information content (AvgIpc) is 4.01. The smallest absolute Gasteiger partial charge is 0.252 e. The molecule has 6 aromatic heterocycles. The lowest BCUT2D eigenvalue weighted by Crippen LogP contribution is -2.38. The Labute approximate surface area is 317 Å². The number of hydrogen-bond donors (Lipinski definition) is 2. The average molecular weight is 761 g/mol. The Morgan fingerprint density at radius 2 is 1.18 bits per heavy atom. The second-order valence-electron chi connectivity index (χ2n) is 15.1. The first kappa shape index (κ1) is 37.4. The van der Waals surface area contributed by atoms with Crippen molar-refractivity contribution in [2.24, 2.45) is 0 Å². The van der Waals surface area contributed by atoms with Crippen molar-refractivity contribution in [1.29, 1.82) is 0 Å². The number of halogens is 4. The predicted molar refractivity (Wildman–Crippen MR) is 203 cm³/mol. The molecule has 4 fully saturated rings. The first-order valence-electron chi connectivity index (χ1n) is 19.5. The van der Waals surface area contributed by atoms with Gasteiger partial charge in [-0.25, -0.2) is 27.5 Å². The van der Waals surface area contributed by atoms with Crippen LogP contribution < -0.4 is 0 Å². The first-order valence-corrected chi connectivity index (χ1v) is 19.5. The van der Waals surface area contributed by atoms with Crippen LogP contribution in [-0.2, 0) is 15.9 Å². The van der Waals surface area contributed by atoms with E-state index in [1.807, 2.05) is 54.7 Å². The Hall–Kier alpha value is -4.56. The first-order chi connectivity index (χ1) is 26.5. The van der Waals surface area contributed by atoms with Crippen LogP contribution in [0, 0.1) is 6.92 Å². The Morgan fingerprint density at radius 3 is 1.64 bits per heavy atom. The van der Waals surface area contributed by atoms with Crippen molar-refractivity contribution in [2.45, 2.75) is 108 Å². The van der Waals surface area contributed by atoms with E-state index in [-0.39, 0.29) is 49.6 Å². The van der Waals surface area contributed by atoms with Crippen LogP contribution >= 0.6 is 0 Å². The summed E-state index contributed by atoms with van der Waals surface area (Å²) in [4.78, 5) is 15.3. The van der Waals surface area contributed by atoms with E-state index in [0.29, 0.717) is 26.4 Å². The third-order valence-electron chi connectivity index (χ3n) is 11.4. The predicted octanol–water partition coefficient (Wildman–Crippen LogP) is 9.70. The number of nitrogens with one attached hydrogen (secondary N) is 2. The highest BCUT2D eigenvalue weighted by atomic mass is 19.3. The molecular weight excluding hydrogens is 712 g/mol. The molecule has 0 amide bonds. The van der Waals surface area contributed by atoms with E-state index in [9.17, 15) is 17.6 Å². The maximum atomic E-state index is 13.5. The summed E-state index contributed by atoms with van der Waals surface area (Å²) in [6.07, 6.45) is 9.69. The van der Waals surface area contributed by atoms with Crippen LogP contribution in [0.1, 0.15) is 106 Å². The second-order valence-corrected chi connectivity index (χ2v) is 15.1. The Morgan fingerprint density at radius 1 is 0.709 bits per heavy atom. The molecule has 14 heteroatoms. The quantitative estimate of drug-likeness (QED) is 0.157. The molecular formula is C41H48F4N8O2. The van der Waals surface area contributed by atoms with E-state index in [0.717, 1.165) is 80.8 Å². The lowest BCUT2D eigenvalue weighted by atomic mass is 9.87. The van der Waals surface area contributed by atoms with Crippen molar-refractivity contribution in [3.05, 3.63) is 71.6 Å². The third kappa shape index (κ3) is 7.30. The van der Waals surface area contributed by atoms with Crippen LogP contribution in [0.4, 0.5) is 17.6 Å². The van der Waals surface area contributed by atoms with Gasteiger partial charge in [0.1, 0.15) is 11.3 Å². The standard InChI is InChI=1S/C20H22F2N4O.C19H20F2N4O.C2H6/c1-2-12-9-23-19-16(12)5-14(10-24-19)17-6-18(13-3-4-27-11-13)26(25-17)15-7-20(21,22)8-15;1-11-8-22-18-15(11)4-13(9-23-18)16-5-17(12-2-3-26-10-12)25(24-16)14-6-19(20,21)7-14;1-2/h5-6,9-10,13,15H,2-4,7-8,11H2,1H3,(H,23,24);4-5,8-9,12,14H,2-3,6-7,10H2,1H3,(H,22,23);1-2H3. The molecule has 4 aliphatic rings. The number of aryl methyl sites for hydroxylation is 2. The van der Waals surface area contributed by atoms with Gasteiger partial charge < -0.3 is 19.4 Å². The number of aromatic nitrogens is 8. The van der Waals surface area contributed by atoms with Gasteiger partial charge in [-0.15, -0.1) is 0 Å². The van der Waals surface area contributed by atoms with Crippen molar-refractivity contribution in [2.75, 3.05) is 26.4 Å². The van der Waals surface area contributed by atoms with Gasteiger partial charge in [-0.1, -0.05) is 20.8 Å². The minimum atomic E-state index is -2.57. The minimum absolute atomic E-state index is 0.135. The van der Waals surface area contributed by atoms with Crippen LogP contribution in [0.3, 0.4) is 0 Å². The highest BCUT2D eigenvalue weighted by molar-refractivity contribution is 5.85. The maximum Gasteiger partial charge on any atom is 0.252 e. The number of hydrogen-bond acceptors (Lipinski definition) is 6. The summed E-state index contributed by atoms with van der Waals surface area (Å²) in [6, 6.07) is 7.75. The molecule has 2 aliphatic carbocycles. The summed E-state index contributed by atoms with van der Waals surface area (Å²) in [5.74, 6) is -4.70. The summed E-state index contributed by atoms with van der Waals surface area (Å²) < 4.78 is 68.4. The molecule has 0 bridgehead atoms. The molecule has 2 N–H and O–H groups in total. The van der Waals surface area contributed by atoms with Gasteiger partial charge in [-0.05, 0) is 61.6 Å². The molecule has 0 radical (unpaired) electrons. The molecule has 8 heterocycles. The number of alkyl halides is 4. The molecule has 10 nitrogen and oxygen atoms in total. The van der Waals surface area contributed by atoms with Gasteiger partial charge in [0, 0.05) is 109 Å². The van der Waals surface area contributed by atoms with Crippen molar-refractivity contribution < 1.29 is 27.0 Å². The molecule has 292 valence electrons. The zero-order valence-electron chi connectivity index (χ0n) is 31.7. The molecule has 2 unspecified atom stereocenters. The zero-order valence-corrected chi connectivity index (χ0v) is 31.7. The van der Waals surface area contributed by atoms with Crippen molar-refractivity contribution >= 4 is 22.1 Å². The van der Waals surface area contributed by atoms with Gasteiger partial charge in [-0.3, -0.25) is 9.36 Å². The number of aromatic amines is 2. The number of nitrogens with zero attached hydrogens (tertiary/aromatic N) is 6. The van der Waals surface area contributed by atoms with E-state index in [2.05, 4.69) is 39.0 Å². The van der Waals surface area contributed by atoms with Crippen LogP contribution in [0.15, 0.2) is 49.1 Å². The molecule has 0 aromatic carbocycles. The lowest BCUT2D eigenvalue weighted by Gasteiger charge is -2.36. The second kappa shape index (κ2) is 14.8. The normalized spacial score (nSPS) is 21.9. The molecule has 6 aromatic rings. The van der Waals surface area contributed by atoms with E-state index < -0.39 is 11.8 Å². The van der Waals surface area contributed by atoms with Crippen LogP contribution in [0.25, 0.3) is 44.6 Å². The molecule has 55 heavy (non-hydrogen) atoms. The van der Waals surface area contributed by atoms with Gasteiger partial charge in [-0.2, -0.15) is 10.2 Å². The topological polar surface area (TPSA) is 111 Å². The van der Waals surface area contributed by atoms with Crippen molar-refractivity contribution in [1.82, 2.24) is 39.5 Å². The fraction of sp³-hybridized carbons (Fsp3) is 0.512. The monoisotopic (exact) mass is 760 g/mol. The van der Waals surface area contributed by atoms with Crippen LogP contribution in [0.2, 0.25) is 0 Å². The van der Waals surface area contributed by atoms with E-state index in [4.69, 9.17) is 19.7 Å². The van der Waals surface area contributed by atoms with E-state index >= 15 is 0 Å². The molecule has 2 saturated heterocycles. The fourth-order valence-electron chi connectivity index (χ4n) is 8.20. The molecule has 2 atom stereocenters. The van der Waals surface area contributed by atoms with Crippen LogP contribution in [0.5, 0.6) is 0 Å². The van der Waals surface area contributed by atoms with E-state index in [1.165, 1.54) is 5.56 Å². The highest BCUT2D eigenvalue weighted by Crippen LogP contribution is 2.48. The largest absolute Gasteiger partial charge is 0.381 e. The van der Waals surface area contributed by atoms with Gasteiger partial charge in [0.25, 0.3) is 11.8 Å². The fourth-order valence-corrected chi connectivity index (χ4v) is 8.20. The number of fused-ring (bicyclic) bond motifs is 2. The molecule has 2 saturated carbocycles. The van der Waals surface area contributed by atoms with Gasteiger partial charge in [0.15, 0.2) is 0 Å². The summed E-state index contributed by atoms with van der Waals surface area (Å²) in [5, 5.41) is 11.6. The Kier molecular flexibility index (Phi) is 10.1. The number of pyridine rings is 2. The van der Waals surface area contributed by atoms with Crippen LogP contribution in [-0.4, -0.2) is 77.8 Å². The van der Waals surface area contributed by atoms with E-state index in [1.54, 1.807) is 12.4 Å². The summed E-state index contributed by atoms with van der Waals surface area (Å²) in [7, 11) is 0. The summed E-state index contributed by atoms with van der Waals surface area (Å²) in [6.45, 7) is 10.8. The van der Waals surface area contributed by atoms with Crippen molar-refractivity contribution in [3.8, 4) is 22.5 Å². The van der Waals surface area contributed by atoms with Gasteiger partial charge in [0.2, 0.25) is 0 Å². The molecule has 2 aliphatic heterocycles. The Balaban J connectivity index is 0.000000149. The zero-order chi connectivity index (χ0) is 38.5. The molecule has 10 rings (SSSR count). The van der Waals surface area contributed by atoms with Gasteiger partial charge in [0.05, 0.1) is 36.7 Å². The number of H-pyrrole nitrogens is 2. The maximum absolute atomic E-state index is 13.5. The SMILES string of the molecule is CC.CCc1c[nH]c2ncc(-c3cc(C4CCOC4)n(C4CC(F)(F)C4)n3)cc12.Cc1c[nH]c2ncc(-c3cc(C4CCOC4)n(C4CC(F)(F)C4)n3)cc12. The third-order valence-corrected chi connectivity index (χ3v) is 11.4. The summed E-state index contributed by atoms with van der Waals surface area (Å²) in [5.41, 5.74) is 9.45. The highest BCUT2D eigenvalue weighted by Gasteiger charge is 2.49. The Bertz CT molecular complexity index is 2260. The number of ether oxygens (including phenoxy) is 2. The van der Waals surface area contributed by atoms with Gasteiger partial charge >= 0.3 is 0 Å². The number of rotatable bonds is 7. The summed E-state index contributed by atoms with van der Waals surface area (Å²) >= 11 is 0. The van der Waals surface area contributed by atoms with Crippen molar-refractivity contribution in [3.63, 3.8) is 0 Å².